The molecule has 0 fully saturated rings. The van der Waals surface area contributed by atoms with E-state index in [0.29, 0.717) is 0 Å². The standard InChI is InChI=1S/C59H41N/c1-58(41-20-5-2-6-21-41)53-31-17-15-28-48(53)50-35-33-44(38-55(50)58)60(57-37-40-19-11-12-26-46(40)47-27-13-14-30-52(47)57)45-34-36-51-49-29-16-18-32-54(49)59(56(51)39-45,42-22-7-3-8-23-42)43-24-9-4-10-25-43/h2-39H,1H3. The van der Waals surface area contributed by atoms with Crippen LogP contribution in [0.5, 0.6) is 0 Å². The third-order valence-electron chi connectivity index (χ3n) is 13.6. The van der Waals surface area contributed by atoms with Crippen LogP contribution in [0.25, 0.3) is 43.8 Å². The molecule has 0 amide bonds. The predicted molar refractivity (Wildman–Crippen MR) is 251 cm³/mol. The Morgan fingerprint density at radius 3 is 1.42 bits per heavy atom. The Labute approximate surface area is 351 Å². The van der Waals surface area contributed by atoms with E-state index in [0.717, 1.165) is 17.1 Å². The first-order valence-corrected chi connectivity index (χ1v) is 21.0. The summed E-state index contributed by atoms with van der Waals surface area (Å²) in [4.78, 5) is 2.54. The van der Waals surface area contributed by atoms with Gasteiger partial charge in [0.25, 0.3) is 0 Å². The lowest BCUT2D eigenvalue weighted by atomic mass is 9.67. The third-order valence-corrected chi connectivity index (χ3v) is 13.6. The van der Waals surface area contributed by atoms with Crippen LogP contribution in [0.3, 0.4) is 0 Å². The van der Waals surface area contributed by atoms with Gasteiger partial charge in [0.15, 0.2) is 0 Å². The maximum Gasteiger partial charge on any atom is 0.0714 e. The van der Waals surface area contributed by atoms with Gasteiger partial charge in [0.2, 0.25) is 0 Å². The van der Waals surface area contributed by atoms with Gasteiger partial charge in [0.05, 0.1) is 11.1 Å². The van der Waals surface area contributed by atoms with Gasteiger partial charge in [-0.3, -0.25) is 0 Å². The van der Waals surface area contributed by atoms with Gasteiger partial charge in [-0.25, -0.2) is 0 Å². The zero-order chi connectivity index (χ0) is 39.8. The molecule has 0 bridgehead atoms. The number of hydrogen-bond acceptors (Lipinski definition) is 1. The monoisotopic (exact) mass is 763 g/mol. The van der Waals surface area contributed by atoms with Crippen molar-refractivity contribution in [1.82, 2.24) is 0 Å². The van der Waals surface area contributed by atoms with Crippen LogP contribution in [0.15, 0.2) is 231 Å². The molecule has 1 nitrogen and oxygen atoms in total. The molecule has 0 spiro atoms. The second-order valence-corrected chi connectivity index (χ2v) is 16.5. The smallest absolute Gasteiger partial charge is 0.0714 e. The summed E-state index contributed by atoms with van der Waals surface area (Å²) in [7, 11) is 0. The fraction of sp³-hybridized carbons (Fsp3) is 0.0508. The van der Waals surface area contributed by atoms with E-state index in [2.05, 4.69) is 242 Å². The number of hydrogen-bond donors (Lipinski definition) is 0. The molecule has 282 valence electrons. The highest BCUT2D eigenvalue weighted by Gasteiger charge is 2.46. The summed E-state index contributed by atoms with van der Waals surface area (Å²) in [6, 6.07) is 85.8. The van der Waals surface area contributed by atoms with Gasteiger partial charge in [-0.2, -0.15) is 0 Å². The fourth-order valence-corrected chi connectivity index (χ4v) is 10.9. The summed E-state index contributed by atoms with van der Waals surface area (Å²) in [5.74, 6) is 0. The maximum absolute atomic E-state index is 2.54. The Hall–Kier alpha value is -7.48. The second kappa shape index (κ2) is 13.3. The van der Waals surface area contributed by atoms with Crippen LogP contribution >= 0.6 is 0 Å². The first-order chi connectivity index (χ1) is 29.7. The molecule has 2 aliphatic carbocycles. The van der Waals surface area contributed by atoms with E-state index in [1.165, 1.54) is 82.7 Å². The SMILES string of the molecule is CC1(c2ccccc2)c2ccccc2-c2ccc(N(c3ccc4c(c3)C(c3ccccc3)(c3ccccc3)c3ccccc3-4)c3cc4ccccc4c4ccccc34)cc21. The molecule has 0 saturated heterocycles. The molecule has 10 aromatic rings. The van der Waals surface area contributed by atoms with Gasteiger partial charge in [0.1, 0.15) is 0 Å². The van der Waals surface area contributed by atoms with Gasteiger partial charge >= 0.3 is 0 Å². The van der Waals surface area contributed by atoms with E-state index in [9.17, 15) is 0 Å². The van der Waals surface area contributed by atoms with Crippen molar-refractivity contribution in [2.45, 2.75) is 17.8 Å². The number of nitrogens with zero attached hydrogens (tertiary/aromatic N) is 1. The van der Waals surface area contributed by atoms with Crippen molar-refractivity contribution in [3.05, 3.63) is 269 Å². The van der Waals surface area contributed by atoms with E-state index < -0.39 is 5.41 Å². The number of fused-ring (bicyclic) bond motifs is 9. The quantitative estimate of drug-likeness (QED) is 0.152. The van der Waals surface area contributed by atoms with Gasteiger partial charge in [-0.05, 0) is 115 Å². The molecule has 0 N–H and O–H groups in total. The molecule has 1 atom stereocenters. The number of benzene rings is 10. The molecule has 0 aromatic heterocycles. The van der Waals surface area contributed by atoms with Crippen LogP contribution in [-0.4, -0.2) is 0 Å². The van der Waals surface area contributed by atoms with Crippen molar-refractivity contribution < 1.29 is 0 Å². The molecule has 0 aliphatic heterocycles. The zero-order valence-electron chi connectivity index (χ0n) is 33.4. The highest BCUT2D eigenvalue weighted by molar-refractivity contribution is 6.14. The lowest BCUT2D eigenvalue weighted by Gasteiger charge is -2.35. The van der Waals surface area contributed by atoms with E-state index in [4.69, 9.17) is 0 Å². The fourth-order valence-electron chi connectivity index (χ4n) is 10.9. The Morgan fingerprint density at radius 1 is 0.317 bits per heavy atom. The van der Waals surface area contributed by atoms with E-state index in [1.54, 1.807) is 0 Å². The largest absolute Gasteiger partial charge is 0.310 e. The first kappa shape index (κ1) is 34.6. The Bertz CT molecular complexity index is 3240. The molecule has 2 aliphatic rings. The first-order valence-electron chi connectivity index (χ1n) is 21.0. The maximum atomic E-state index is 2.54. The molecule has 0 heterocycles. The summed E-state index contributed by atoms with van der Waals surface area (Å²) in [5.41, 5.74) is 16.8. The lowest BCUT2D eigenvalue weighted by molar-refractivity contribution is 0.714. The van der Waals surface area contributed by atoms with Crippen molar-refractivity contribution in [1.29, 1.82) is 0 Å². The van der Waals surface area contributed by atoms with Gasteiger partial charge in [-0.15, -0.1) is 0 Å². The minimum Gasteiger partial charge on any atom is -0.310 e. The molecular weight excluding hydrogens is 723 g/mol. The zero-order valence-corrected chi connectivity index (χ0v) is 33.4. The Kier molecular flexibility index (Phi) is 7.65. The van der Waals surface area contributed by atoms with Gasteiger partial charge in [-0.1, -0.05) is 200 Å². The highest BCUT2D eigenvalue weighted by atomic mass is 15.1. The van der Waals surface area contributed by atoms with Gasteiger partial charge in [0, 0.05) is 22.2 Å². The van der Waals surface area contributed by atoms with Crippen LogP contribution in [-0.2, 0) is 10.8 Å². The van der Waals surface area contributed by atoms with Crippen LogP contribution < -0.4 is 4.90 Å². The molecule has 1 heteroatoms. The van der Waals surface area contributed by atoms with Gasteiger partial charge < -0.3 is 4.90 Å². The molecule has 60 heavy (non-hydrogen) atoms. The predicted octanol–water partition coefficient (Wildman–Crippen LogP) is 15.2. The average molecular weight is 764 g/mol. The number of anilines is 3. The van der Waals surface area contributed by atoms with Crippen LogP contribution in [0.1, 0.15) is 45.9 Å². The van der Waals surface area contributed by atoms with E-state index in [-0.39, 0.29) is 5.41 Å². The molecule has 12 rings (SSSR count). The van der Waals surface area contributed by atoms with Crippen LogP contribution in [0.4, 0.5) is 17.1 Å². The van der Waals surface area contributed by atoms with Crippen molar-refractivity contribution in [3.8, 4) is 22.3 Å². The summed E-state index contributed by atoms with van der Waals surface area (Å²) < 4.78 is 0. The molecule has 1 unspecified atom stereocenters. The van der Waals surface area contributed by atoms with Crippen LogP contribution in [0.2, 0.25) is 0 Å². The topological polar surface area (TPSA) is 3.24 Å². The lowest BCUT2D eigenvalue weighted by Crippen LogP contribution is -2.28. The van der Waals surface area contributed by atoms with Crippen LogP contribution in [0, 0.1) is 0 Å². The second-order valence-electron chi connectivity index (χ2n) is 16.5. The molecule has 0 radical (unpaired) electrons. The summed E-state index contributed by atoms with van der Waals surface area (Å²) in [6.07, 6.45) is 0. The Balaban J connectivity index is 1.17. The summed E-state index contributed by atoms with van der Waals surface area (Å²) in [6.45, 7) is 2.41. The summed E-state index contributed by atoms with van der Waals surface area (Å²) >= 11 is 0. The number of rotatable bonds is 6. The van der Waals surface area contributed by atoms with Crippen molar-refractivity contribution in [3.63, 3.8) is 0 Å². The third kappa shape index (κ3) is 4.81. The Morgan fingerprint density at radius 2 is 0.767 bits per heavy atom. The highest BCUT2D eigenvalue weighted by Crippen LogP contribution is 2.58. The minimum atomic E-state index is -0.521. The van der Waals surface area contributed by atoms with E-state index >= 15 is 0 Å². The molecular formula is C59H41N. The van der Waals surface area contributed by atoms with Crippen molar-refractivity contribution >= 4 is 38.6 Å². The summed E-state index contributed by atoms with van der Waals surface area (Å²) in [5, 5.41) is 4.94. The van der Waals surface area contributed by atoms with Crippen molar-refractivity contribution in [2.24, 2.45) is 0 Å². The normalized spacial score (nSPS) is 15.6. The molecule has 0 saturated carbocycles. The molecule has 10 aromatic carbocycles. The average Bonchev–Trinajstić information content (AvgIpc) is 3.77. The van der Waals surface area contributed by atoms with Crippen molar-refractivity contribution in [2.75, 3.05) is 4.90 Å². The minimum absolute atomic E-state index is 0.338. The van der Waals surface area contributed by atoms with E-state index in [1.807, 2.05) is 0 Å².